The second-order valence-electron chi connectivity index (χ2n) is 16.9. The number of thioether (sulfide) groups is 1. The Morgan fingerprint density at radius 1 is 0.909 bits per heavy atom. The van der Waals surface area contributed by atoms with Gasteiger partial charge in [0.05, 0.1) is 19.5 Å². The number of nitrogens with two attached hydrogens (primary N) is 1. The maximum absolute atomic E-state index is 12.7. The number of amides is 2. The number of nitrogen functional groups attached to an aromatic ring is 1. The van der Waals surface area contributed by atoms with Crippen LogP contribution in [0.1, 0.15) is 124 Å². The molecule has 8 atom stereocenters. The highest BCUT2D eigenvalue weighted by atomic mass is 32.2. The third-order valence-corrected chi connectivity index (χ3v) is 14.7. The van der Waals surface area contributed by atoms with Crippen LogP contribution in [-0.2, 0) is 50.7 Å². The molecule has 3 rings (SSSR count). The molecule has 66 heavy (non-hydrogen) atoms. The van der Waals surface area contributed by atoms with Crippen molar-refractivity contribution in [3.05, 3.63) is 12.7 Å². The van der Waals surface area contributed by atoms with Crippen LogP contribution in [-0.4, -0.2) is 123 Å². The molecule has 0 radical (unpaired) electrons. The van der Waals surface area contributed by atoms with E-state index in [1.807, 2.05) is 0 Å². The van der Waals surface area contributed by atoms with Crippen molar-refractivity contribution < 1.29 is 80.5 Å². The van der Waals surface area contributed by atoms with E-state index in [9.17, 15) is 57.9 Å². The molecule has 0 saturated carbocycles. The number of ether oxygens (including phenoxy) is 1. The number of aliphatic hydroxyl groups is 2. The van der Waals surface area contributed by atoms with Crippen LogP contribution in [0.25, 0.3) is 11.2 Å². The lowest BCUT2D eigenvalue weighted by atomic mass is 9.87. The van der Waals surface area contributed by atoms with E-state index in [0.717, 1.165) is 54.2 Å². The number of rotatable bonds is 33. The van der Waals surface area contributed by atoms with Gasteiger partial charge in [-0.15, -0.1) is 0 Å². The van der Waals surface area contributed by atoms with Crippen LogP contribution in [0.15, 0.2) is 12.7 Å². The molecule has 2 aromatic heterocycles. The number of anilines is 1. The molecule has 1 aliphatic rings. The standard InChI is InChI=1S/C38H68N7O17P3S/c1-5-6-12-15-26(2)16-13-10-8-7-9-11-14-17-29(47)66-21-20-40-28(46)18-19-41-36(50)33(49)38(3,4)23-59-65(56,57)62-64(54,55)58-22-27-32(61-63(51,52)53)31(48)37(60-27)45-25-44-30-34(39)42-24-43-35(30)45/h24-27,31-33,37,48-49H,5-23H2,1-4H3,(H,40,46)(H,41,50)(H,54,55)(H,56,57)(H2,39,42,43)(H2,51,52,53). The predicted molar refractivity (Wildman–Crippen MR) is 242 cm³/mol. The number of fused-ring (bicyclic) bond motifs is 1. The fraction of sp³-hybridized carbons (Fsp3) is 0.789. The van der Waals surface area contributed by atoms with Gasteiger partial charge in [0, 0.05) is 37.1 Å². The van der Waals surface area contributed by atoms with E-state index in [1.54, 1.807) is 0 Å². The van der Waals surface area contributed by atoms with Crippen LogP contribution in [0.3, 0.4) is 0 Å². The summed E-state index contributed by atoms with van der Waals surface area (Å²) in [5.74, 6) is -0.211. The third kappa shape index (κ3) is 20.7. The second kappa shape index (κ2) is 27.7. The van der Waals surface area contributed by atoms with E-state index in [4.69, 9.17) is 19.5 Å². The van der Waals surface area contributed by atoms with Crippen LogP contribution in [0.2, 0.25) is 0 Å². The lowest BCUT2D eigenvalue weighted by molar-refractivity contribution is -0.137. The summed E-state index contributed by atoms with van der Waals surface area (Å²) in [6, 6.07) is 0. The Morgan fingerprint density at radius 3 is 2.21 bits per heavy atom. The van der Waals surface area contributed by atoms with Crippen LogP contribution >= 0.6 is 35.2 Å². The van der Waals surface area contributed by atoms with E-state index < -0.39 is 84.6 Å². The molecule has 28 heteroatoms. The summed E-state index contributed by atoms with van der Waals surface area (Å²) in [4.78, 5) is 88.3. The fourth-order valence-electron chi connectivity index (χ4n) is 6.90. The van der Waals surface area contributed by atoms with Gasteiger partial charge >= 0.3 is 23.5 Å². The molecule has 1 fully saturated rings. The number of unbranched alkanes of at least 4 members (excludes halogenated alkanes) is 8. The van der Waals surface area contributed by atoms with E-state index in [0.29, 0.717) is 12.2 Å². The minimum atomic E-state index is -5.57. The molecule has 3 heterocycles. The average molecular weight is 1020 g/mol. The number of aliphatic hydroxyl groups excluding tert-OH is 2. The first-order valence-corrected chi connectivity index (χ1v) is 27.5. The fourth-order valence-corrected chi connectivity index (χ4v) is 10.4. The van der Waals surface area contributed by atoms with E-state index >= 15 is 0 Å². The first-order chi connectivity index (χ1) is 30.9. The Balaban J connectivity index is 1.32. The minimum absolute atomic E-state index is 0.0336. The maximum atomic E-state index is 12.7. The maximum Gasteiger partial charge on any atom is 0.481 e. The Kier molecular flexibility index (Phi) is 24.3. The van der Waals surface area contributed by atoms with E-state index in [2.05, 4.69) is 48.3 Å². The Labute approximate surface area is 388 Å². The zero-order valence-electron chi connectivity index (χ0n) is 37.8. The molecule has 0 aromatic carbocycles. The lowest BCUT2D eigenvalue weighted by Crippen LogP contribution is -2.46. The zero-order chi connectivity index (χ0) is 49.1. The quantitative estimate of drug-likeness (QED) is 0.0353. The highest BCUT2D eigenvalue weighted by molar-refractivity contribution is 8.13. The van der Waals surface area contributed by atoms with Crippen molar-refractivity contribution in [1.29, 1.82) is 0 Å². The summed E-state index contributed by atoms with van der Waals surface area (Å²) >= 11 is 1.15. The number of carbonyl (C=O) groups is 3. The van der Waals surface area contributed by atoms with Gasteiger partial charge in [0.25, 0.3) is 0 Å². The van der Waals surface area contributed by atoms with Crippen LogP contribution in [0.4, 0.5) is 5.82 Å². The minimum Gasteiger partial charge on any atom is -0.386 e. The van der Waals surface area contributed by atoms with Crippen molar-refractivity contribution in [2.45, 2.75) is 148 Å². The summed E-state index contributed by atoms with van der Waals surface area (Å²) in [7, 11) is -16.4. The first kappa shape index (κ1) is 57.9. The van der Waals surface area contributed by atoms with Gasteiger partial charge in [0.2, 0.25) is 11.8 Å². The molecule has 0 bridgehead atoms. The van der Waals surface area contributed by atoms with E-state index in [1.165, 1.54) is 71.6 Å². The number of hydrogen-bond donors (Lipinski definition) is 9. The number of hydrogen-bond acceptors (Lipinski definition) is 18. The highest BCUT2D eigenvalue weighted by Gasteiger charge is 2.50. The zero-order valence-corrected chi connectivity index (χ0v) is 41.3. The lowest BCUT2D eigenvalue weighted by Gasteiger charge is -2.30. The first-order valence-electron chi connectivity index (χ1n) is 22.0. The number of aromatic nitrogens is 4. The summed E-state index contributed by atoms with van der Waals surface area (Å²) in [5.41, 5.74) is 4.29. The molecule has 10 N–H and O–H groups in total. The Bertz CT molecular complexity index is 2000. The number of carbonyl (C=O) groups excluding carboxylic acids is 3. The molecule has 378 valence electrons. The normalized spacial score (nSPS) is 20.7. The third-order valence-electron chi connectivity index (χ3n) is 10.6. The summed E-state index contributed by atoms with van der Waals surface area (Å²) in [6.07, 6.45) is 8.08. The van der Waals surface area contributed by atoms with Crippen molar-refractivity contribution in [3.63, 3.8) is 0 Å². The van der Waals surface area contributed by atoms with Crippen molar-refractivity contribution in [2.75, 3.05) is 37.8 Å². The van der Waals surface area contributed by atoms with Gasteiger partial charge < -0.3 is 50.9 Å². The molecule has 1 saturated heterocycles. The van der Waals surface area contributed by atoms with Gasteiger partial charge in [-0.3, -0.25) is 32.5 Å². The molecule has 8 unspecified atom stereocenters. The number of nitrogens with one attached hydrogen (secondary N) is 2. The van der Waals surface area contributed by atoms with Gasteiger partial charge in [0.15, 0.2) is 22.8 Å². The van der Waals surface area contributed by atoms with Crippen molar-refractivity contribution in [2.24, 2.45) is 11.3 Å². The summed E-state index contributed by atoms with van der Waals surface area (Å²) in [6.45, 7) is 5.16. The second-order valence-corrected chi connectivity index (χ2v) is 22.3. The topological polar surface area (TPSA) is 364 Å². The van der Waals surface area contributed by atoms with Crippen molar-refractivity contribution >= 4 is 69.1 Å². The highest BCUT2D eigenvalue weighted by Crippen LogP contribution is 2.61. The van der Waals surface area contributed by atoms with Crippen molar-refractivity contribution in [1.82, 2.24) is 30.2 Å². The number of imidazole rings is 1. The molecular weight excluding hydrogens is 951 g/mol. The van der Waals surface area contributed by atoms with Gasteiger partial charge in [0.1, 0.15) is 36.3 Å². The molecule has 2 amide bonds. The average Bonchev–Trinajstić information content (AvgIpc) is 3.79. The predicted octanol–water partition coefficient (Wildman–Crippen LogP) is 4.39. The summed E-state index contributed by atoms with van der Waals surface area (Å²) < 4.78 is 62.4. The monoisotopic (exact) mass is 1020 g/mol. The van der Waals surface area contributed by atoms with Crippen LogP contribution in [0, 0.1) is 11.3 Å². The Morgan fingerprint density at radius 2 is 1.55 bits per heavy atom. The van der Waals surface area contributed by atoms with Crippen LogP contribution < -0.4 is 16.4 Å². The van der Waals surface area contributed by atoms with Gasteiger partial charge in [-0.2, -0.15) is 4.31 Å². The SMILES string of the molecule is CCCCCC(C)CCCCCCCCCC(=O)SCCNC(=O)CCNC(=O)C(O)C(C)(C)COP(=O)(O)OP(=O)(O)OCC1OC(n2cnc3c(N)ncnc32)C(O)C1OP(=O)(O)O. The largest absolute Gasteiger partial charge is 0.481 e. The summed E-state index contributed by atoms with van der Waals surface area (Å²) in [5, 5.41) is 26.7. The molecule has 0 aliphatic carbocycles. The molecule has 1 aliphatic heterocycles. The van der Waals surface area contributed by atoms with Gasteiger partial charge in [-0.25, -0.2) is 28.6 Å². The molecule has 0 spiro atoms. The van der Waals surface area contributed by atoms with Crippen LogP contribution in [0.5, 0.6) is 0 Å². The Hall–Kier alpha value is -2.44. The van der Waals surface area contributed by atoms with Gasteiger partial charge in [-0.05, 0) is 12.3 Å². The molecule has 2 aromatic rings. The van der Waals surface area contributed by atoms with Gasteiger partial charge in [-0.1, -0.05) is 110 Å². The molecule has 24 nitrogen and oxygen atoms in total. The number of phosphoric ester groups is 3. The van der Waals surface area contributed by atoms with E-state index in [-0.39, 0.29) is 41.6 Å². The number of nitrogens with zero attached hydrogens (tertiary/aromatic N) is 4. The van der Waals surface area contributed by atoms with Crippen molar-refractivity contribution in [3.8, 4) is 0 Å². The molecular formula is C38H68N7O17P3S. The number of phosphoric acid groups is 3. The smallest absolute Gasteiger partial charge is 0.386 e.